The molecule has 0 aliphatic carbocycles. The summed E-state index contributed by atoms with van der Waals surface area (Å²) in [7, 11) is 0. The molecule has 0 unspecified atom stereocenters. The summed E-state index contributed by atoms with van der Waals surface area (Å²) in [5, 5.41) is 9.62. The van der Waals surface area contributed by atoms with E-state index >= 15 is 0 Å². The summed E-state index contributed by atoms with van der Waals surface area (Å²) >= 11 is 0. The minimum Gasteiger partial charge on any atom is -0.345 e. The Morgan fingerprint density at radius 3 is 2.75 bits per heavy atom. The third-order valence-electron chi connectivity index (χ3n) is 3.79. The zero-order chi connectivity index (χ0) is 14.1. The standard InChI is InChI=1S/C15H18N4O/c1-10-13(14-15(20)17-9-8-16-14)11(2)19(18-10)12-6-4-3-5-7-12/h3-7,14,16H,8-9H2,1-2H3,(H,17,20)/p+1/t14-/m0/s1. The lowest BCUT2D eigenvalue weighted by Gasteiger charge is -2.20. The number of aryl methyl sites for hydroxylation is 1. The van der Waals surface area contributed by atoms with E-state index in [1.54, 1.807) is 0 Å². The SMILES string of the molecule is Cc1nn(-c2ccccc2)c(C)c1[C@@H]1[NH2+]CCNC1=O. The fourth-order valence-electron chi connectivity index (χ4n) is 2.84. The molecule has 2 heterocycles. The van der Waals surface area contributed by atoms with Crippen molar-refractivity contribution in [3.8, 4) is 5.69 Å². The molecule has 1 aliphatic rings. The maximum atomic E-state index is 12.1. The molecule has 1 amide bonds. The lowest BCUT2D eigenvalue weighted by Crippen LogP contribution is -2.91. The highest BCUT2D eigenvalue weighted by Crippen LogP contribution is 2.22. The van der Waals surface area contributed by atoms with E-state index < -0.39 is 0 Å². The Morgan fingerprint density at radius 2 is 2.05 bits per heavy atom. The highest BCUT2D eigenvalue weighted by atomic mass is 16.2. The summed E-state index contributed by atoms with van der Waals surface area (Å²) in [6.45, 7) is 5.64. The first-order valence-corrected chi connectivity index (χ1v) is 6.91. The molecular formula is C15H19N4O+. The molecular weight excluding hydrogens is 252 g/mol. The molecule has 1 fully saturated rings. The molecule has 0 saturated carbocycles. The maximum Gasteiger partial charge on any atom is 0.283 e. The molecule has 104 valence electrons. The zero-order valence-corrected chi connectivity index (χ0v) is 11.8. The monoisotopic (exact) mass is 271 g/mol. The Balaban J connectivity index is 2.05. The maximum absolute atomic E-state index is 12.1. The van der Waals surface area contributed by atoms with Gasteiger partial charge in [-0.15, -0.1) is 0 Å². The molecule has 5 heteroatoms. The summed E-state index contributed by atoms with van der Waals surface area (Å²) in [6, 6.07) is 9.83. The van der Waals surface area contributed by atoms with Gasteiger partial charge in [0.25, 0.3) is 5.91 Å². The lowest BCUT2D eigenvalue weighted by atomic mass is 10.0. The number of para-hydroxylation sites is 1. The van der Waals surface area contributed by atoms with Crippen molar-refractivity contribution in [1.82, 2.24) is 15.1 Å². The van der Waals surface area contributed by atoms with Crippen LogP contribution in [0.25, 0.3) is 5.69 Å². The van der Waals surface area contributed by atoms with E-state index in [2.05, 4.69) is 15.7 Å². The number of nitrogens with zero attached hydrogens (tertiary/aromatic N) is 2. The van der Waals surface area contributed by atoms with E-state index in [0.717, 1.165) is 35.7 Å². The van der Waals surface area contributed by atoms with Gasteiger partial charge >= 0.3 is 0 Å². The molecule has 1 aromatic heterocycles. The van der Waals surface area contributed by atoms with E-state index in [9.17, 15) is 4.79 Å². The number of piperazine rings is 1. The van der Waals surface area contributed by atoms with Crippen molar-refractivity contribution in [3.63, 3.8) is 0 Å². The second-order valence-electron chi connectivity index (χ2n) is 5.12. The van der Waals surface area contributed by atoms with Gasteiger partial charge in [-0.3, -0.25) is 4.79 Å². The molecule has 1 aromatic carbocycles. The Morgan fingerprint density at radius 1 is 1.30 bits per heavy atom. The molecule has 0 bridgehead atoms. The van der Waals surface area contributed by atoms with E-state index in [1.807, 2.05) is 48.9 Å². The van der Waals surface area contributed by atoms with Gasteiger partial charge in [0.05, 0.1) is 35.7 Å². The number of amides is 1. The highest BCUT2D eigenvalue weighted by molar-refractivity contribution is 5.82. The Kier molecular flexibility index (Phi) is 3.28. The predicted octanol–water partition coefficient (Wildman–Crippen LogP) is 0.223. The lowest BCUT2D eigenvalue weighted by molar-refractivity contribution is -0.685. The van der Waals surface area contributed by atoms with Gasteiger partial charge in [-0.2, -0.15) is 5.10 Å². The molecule has 0 spiro atoms. The first kappa shape index (κ1) is 12.9. The molecule has 5 nitrogen and oxygen atoms in total. The van der Waals surface area contributed by atoms with Gasteiger partial charge < -0.3 is 10.6 Å². The van der Waals surface area contributed by atoms with Crippen LogP contribution in [0.15, 0.2) is 30.3 Å². The number of carbonyl (C=O) groups excluding carboxylic acids is 1. The molecule has 1 aliphatic heterocycles. The summed E-state index contributed by atoms with van der Waals surface area (Å²) in [4.78, 5) is 12.1. The van der Waals surface area contributed by atoms with Gasteiger partial charge in [-0.1, -0.05) is 18.2 Å². The summed E-state index contributed by atoms with van der Waals surface area (Å²) < 4.78 is 1.92. The first-order chi connectivity index (χ1) is 9.68. The summed E-state index contributed by atoms with van der Waals surface area (Å²) in [5.74, 6) is 0.0788. The predicted molar refractivity (Wildman–Crippen MR) is 75.6 cm³/mol. The number of quaternary nitrogens is 1. The highest BCUT2D eigenvalue weighted by Gasteiger charge is 2.32. The van der Waals surface area contributed by atoms with Gasteiger partial charge in [-0.05, 0) is 26.0 Å². The van der Waals surface area contributed by atoms with Gasteiger partial charge in [0, 0.05) is 0 Å². The molecule has 0 radical (unpaired) electrons. The van der Waals surface area contributed by atoms with Gasteiger partial charge in [0.15, 0.2) is 6.04 Å². The Bertz CT molecular complexity index is 633. The number of nitrogens with one attached hydrogen (secondary N) is 1. The number of rotatable bonds is 2. The normalized spacial score (nSPS) is 18.9. The van der Waals surface area contributed by atoms with Gasteiger partial charge in [0.2, 0.25) is 0 Å². The van der Waals surface area contributed by atoms with Crippen molar-refractivity contribution in [2.24, 2.45) is 0 Å². The van der Waals surface area contributed by atoms with Crippen LogP contribution in [0.2, 0.25) is 0 Å². The third kappa shape index (κ3) is 2.10. The van der Waals surface area contributed by atoms with Crippen molar-refractivity contribution >= 4 is 5.91 Å². The van der Waals surface area contributed by atoms with Crippen molar-refractivity contribution in [2.75, 3.05) is 13.1 Å². The molecule has 1 saturated heterocycles. The summed E-state index contributed by atoms with van der Waals surface area (Å²) in [6.07, 6.45) is 0. The molecule has 2 aromatic rings. The van der Waals surface area contributed by atoms with Crippen LogP contribution in [-0.4, -0.2) is 28.8 Å². The van der Waals surface area contributed by atoms with Crippen LogP contribution < -0.4 is 10.6 Å². The quantitative estimate of drug-likeness (QED) is 0.821. The molecule has 1 atom stereocenters. The van der Waals surface area contributed by atoms with E-state index in [4.69, 9.17) is 0 Å². The molecule has 3 N–H and O–H groups in total. The summed E-state index contributed by atoms with van der Waals surface area (Å²) in [5.41, 5.74) is 4.01. The van der Waals surface area contributed by atoms with Crippen LogP contribution in [0.3, 0.4) is 0 Å². The smallest absolute Gasteiger partial charge is 0.283 e. The van der Waals surface area contributed by atoms with Crippen LogP contribution in [-0.2, 0) is 4.79 Å². The number of hydrogen-bond donors (Lipinski definition) is 2. The average Bonchev–Trinajstić information content (AvgIpc) is 2.76. The second-order valence-corrected chi connectivity index (χ2v) is 5.12. The number of benzene rings is 1. The number of hydrogen-bond acceptors (Lipinski definition) is 2. The van der Waals surface area contributed by atoms with Crippen molar-refractivity contribution in [3.05, 3.63) is 47.3 Å². The van der Waals surface area contributed by atoms with Crippen molar-refractivity contribution in [2.45, 2.75) is 19.9 Å². The minimum absolute atomic E-state index is 0.0788. The number of nitrogens with two attached hydrogens (primary N) is 1. The largest absolute Gasteiger partial charge is 0.345 e. The van der Waals surface area contributed by atoms with Gasteiger partial charge in [-0.25, -0.2) is 4.68 Å². The fraction of sp³-hybridized carbons (Fsp3) is 0.333. The van der Waals surface area contributed by atoms with Gasteiger partial charge in [0.1, 0.15) is 0 Å². The van der Waals surface area contributed by atoms with E-state index in [0.29, 0.717) is 0 Å². The van der Waals surface area contributed by atoms with Crippen LogP contribution in [0.4, 0.5) is 0 Å². The average molecular weight is 271 g/mol. The van der Waals surface area contributed by atoms with Crippen molar-refractivity contribution < 1.29 is 10.1 Å². The van der Waals surface area contributed by atoms with E-state index in [-0.39, 0.29) is 11.9 Å². The minimum atomic E-state index is -0.179. The third-order valence-corrected chi connectivity index (χ3v) is 3.79. The van der Waals surface area contributed by atoms with Crippen LogP contribution >= 0.6 is 0 Å². The number of carbonyl (C=O) groups is 1. The molecule has 3 rings (SSSR count). The number of aromatic nitrogens is 2. The zero-order valence-electron chi connectivity index (χ0n) is 11.8. The van der Waals surface area contributed by atoms with E-state index in [1.165, 1.54) is 0 Å². The second kappa shape index (κ2) is 5.09. The van der Waals surface area contributed by atoms with Crippen LogP contribution in [0.5, 0.6) is 0 Å². The van der Waals surface area contributed by atoms with Crippen molar-refractivity contribution in [1.29, 1.82) is 0 Å². The Labute approximate surface area is 118 Å². The Hall–Kier alpha value is -2.14. The molecule has 20 heavy (non-hydrogen) atoms. The fourth-order valence-corrected chi connectivity index (χ4v) is 2.84. The van der Waals surface area contributed by atoms with Crippen LogP contribution in [0.1, 0.15) is 23.0 Å². The van der Waals surface area contributed by atoms with Crippen LogP contribution in [0, 0.1) is 13.8 Å². The first-order valence-electron chi connectivity index (χ1n) is 6.91. The topological polar surface area (TPSA) is 63.5 Å².